The Hall–Kier alpha value is -2.87. The van der Waals surface area contributed by atoms with E-state index in [9.17, 15) is 0 Å². The van der Waals surface area contributed by atoms with Gasteiger partial charge in [0.15, 0.2) is 5.58 Å². The average molecular weight is 299 g/mol. The minimum atomic E-state index is 0.818. The lowest BCUT2D eigenvalue weighted by atomic mass is 10.1. The van der Waals surface area contributed by atoms with Crippen molar-refractivity contribution in [2.75, 3.05) is 0 Å². The summed E-state index contributed by atoms with van der Waals surface area (Å²) in [5, 5.41) is 1.08. The Morgan fingerprint density at radius 2 is 1.52 bits per heavy atom. The van der Waals surface area contributed by atoms with Gasteiger partial charge in [0.05, 0.1) is 11.9 Å². The highest BCUT2D eigenvalue weighted by Gasteiger charge is 2.09. The lowest BCUT2D eigenvalue weighted by molar-refractivity contribution is 0.630. The Bertz CT molecular complexity index is 963. The standard InChI is InChI=1S/C21H17NO/c1-14-8-15(2)10-17(9-14)20-12-18-11-19(22-13-21(18)23-20)16-6-4-3-5-7-16/h3-13H,1-2H3. The van der Waals surface area contributed by atoms with Crippen molar-refractivity contribution < 1.29 is 4.42 Å². The van der Waals surface area contributed by atoms with Crippen LogP contribution in [0.2, 0.25) is 0 Å². The van der Waals surface area contributed by atoms with E-state index in [1.165, 1.54) is 11.1 Å². The third-order valence-corrected chi connectivity index (χ3v) is 3.98. The van der Waals surface area contributed by atoms with Crippen LogP contribution in [0.15, 0.2) is 71.3 Å². The molecule has 0 aliphatic carbocycles. The molecule has 0 aliphatic heterocycles. The van der Waals surface area contributed by atoms with E-state index in [0.29, 0.717) is 0 Å². The van der Waals surface area contributed by atoms with E-state index in [-0.39, 0.29) is 0 Å². The first-order valence-electron chi connectivity index (χ1n) is 7.73. The molecule has 4 aromatic rings. The van der Waals surface area contributed by atoms with Gasteiger partial charge in [0.1, 0.15) is 5.76 Å². The van der Waals surface area contributed by atoms with Crippen LogP contribution < -0.4 is 0 Å². The van der Waals surface area contributed by atoms with E-state index in [1.54, 1.807) is 0 Å². The van der Waals surface area contributed by atoms with Crippen LogP contribution in [0.4, 0.5) is 0 Å². The maximum absolute atomic E-state index is 5.99. The van der Waals surface area contributed by atoms with Crippen LogP contribution in [0.1, 0.15) is 11.1 Å². The first-order chi connectivity index (χ1) is 11.2. The van der Waals surface area contributed by atoms with Crippen LogP contribution in [-0.2, 0) is 0 Å². The molecule has 0 fully saturated rings. The maximum Gasteiger partial charge on any atom is 0.153 e. The normalized spacial score (nSPS) is 11.0. The molecule has 0 saturated heterocycles. The van der Waals surface area contributed by atoms with E-state index < -0.39 is 0 Å². The van der Waals surface area contributed by atoms with Gasteiger partial charge in [-0.1, -0.05) is 47.5 Å². The molecule has 23 heavy (non-hydrogen) atoms. The Morgan fingerprint density at radius 3 is 2.26 bits per heavy atom. The third kappa shape index (κ3) is 2.64. The Morgan fingerprint density at radius 1 is 0.783 bits per heavy atom. The van der Waals surface area contributed by atoms with Crippen LogP contribution in [-0.4, -0.2) is 4.98 Å². The SMILES string of the molecule is Cc1cc(C)cc(-c2cc3cc(-c4ccccc4)ncc3o2)c1. The van der Waals surface area contributed by atoms with Crippen LogP contribution in [0, 0.1) is 13.8 Å². The van der Waals surface area contributed by atoms with Gasteiger partial charge in [0, 0.05) is 16.5 Å². The quantitative estimate of drug-likeness (QED) is 0.469. The van der Waals surface area contributed by atoms with Crippen molar-refractivity contribution >= 4 is 11.0 Å². The molecule has 112 valence electrons. The molecular weight excluding hydrogens is 282 g/mol. The van der Waals surface area contributed by atoms with Crippen molar-refractivity contribution in [3.63, 3.8) is 0 Å². The van der Waals surface area contributed by atoms with E-state index in [4.69, 9.17) is 4.42 Å². The minimum absolute atomic E-state index is 0.818. The number of hydrogen-bond acceptors (Lipinski definition) is 2. The summed E-state index contributed by atoms with van der Waals surface area (Å²) >= 11 is 0. The fourth-order valence-electron chi connectivity index (χ4n) is 2.97. The van der Waals surface area contributed by atoms with E-state index in [2.05, 4.69) is 61.3 Å². The second-order valence-corrected chi connectivity index (χ2v) is 5.96. The summed E-state index contributed by atoms with van der Waals surface area (Å²) in [6.07, 6.45) is 1.81. The molecule has 0 bridgehead atoms. The number of nitrogens with zero attached hydrogens (tertiary/aromatic N) is 1. The summed E-state index contributed by atoms with van der Waals surface area (Å²) in [5.41, 5.74) is 6.49. The average Bonchev–Trinajstić information content (AvgIpc) is 2.98. The van der Waals surface area contributed by atoms with Crippen LogP contribution in [0.25, 0.3) is 33.6 Å². The molecular formula is C21H17NO. The number of fused-ring (bicyclic) bond motifs is 1. The zero-order chi connectivity index (χ0) is 15.8. The molecule has 0 unspecified atom stereocenters. The second-order valence-electron chi connectivity index (χ2n) is 5.96. The lowest BCUT2D eigenvalue weighted by Gasteiger charge is -2.01. The van der Waals surface area contributed by atoms with Gasteiger partial charge in [-0.2, -0.15) is 0 Å². The van der Waals surface area contributed by atoms with Gasteiger partial charge in [-0.05, 0) is 38.1 Å². The Kier molecular flexibility index (Phi) is 3.23. The molecule has 4 rings (SSSR count). The largest absolute Gasteiger partial charge is 0.454 e. The van der Waals surface area contributed by atoms with E-state index >= 15 is 0 Å². The first kappa shape index (κ1) is 13.8. The number of benzene rings is 2. The van der Waals surface area contributed by atoms with Crippen LogP contribution >= 0.6 is 0 Å². The summed E-state index contributed by atoms with van der Waals surface area (Å²) < 4.78 is 5.99. The van der Waals surface area contributed by atoms with Gasteiger partial charge in [0.2, 0.25) is 0 Å². The van der Waals surface area contributed by atoms with Gasteiger partial charge in [0.25, 0.3) is 0 Å². The minimum Gasteiger partial charge on any atom is -0.454 e. The van der Waals surface area contributed by atoms with Gasteiger partial charge < -0.3 is 4.42 Å². The molecule has 2 heterocycles. The molecule has 2 aromatic carbocycles. The molecule has 2 heteroatoms. The molecule has 0 amide bonds. The fraction of sp³-hybridized carbons (Fsp3) is 0.0952. The smallest absolute Gasteiger partial charge is 0.153 e. The van der Waals surface area contributed by atoms with Crippen molar-refractivity contribution in [3.05, 3.63) is 78.0 Å². The second kappa shape index (κ2) is 5.40. The van der Waals surface area contributed by atoms with Gasteiger partial charge >= 0.3 is 0 Å². The van der Waals surface area contributed by atoms with E-state index in [1.807, 2.05) is 24.4 Å². The van der Waals surface area contributed by atoms with Crippen molar-refractivity contribution in [1.82, 2.24) is 4.98 Å². The number of rotatable bonds is 2. The summed E-state index contributed by atoms with van der Waals surface area (Å²) in [6, 6.07) is 20.8. The molecule has 0 spiro atoms. The maximum atomic E-state index is 5.99. The number of aryl methyl sites for hydroxylation is 2. The fourth-order valence-corrected chi connectivity index (χ4v) is 2.97. The van der Waals surface area contributed by atoms with Crippen molar-refractivity contribution in [1.29, 1.82) is 0 Å². The van der Waals surface area contributed by atoms with Crippen LogP contribution in [0.3, 0.4) is 0 Å². The highest BCUT2D eigenvalue weighted by molar-refractivity contribution is 5.85. The van der Waals surface area contributed by atoms with Crippen molar-refractivity contribution in [2.45, 2.75) is 13.8 Å². The lowest BCUT2D eigenvalue weighted by Crippen LogP contribution is -1.81. The first-order valence-corrected chi connectivity index (χ1v) is 7.73. The zero-order valence-corrected chi connectivity index (χ0v) is 13.2. The van der Waals surface area contributed by atoms with Gasteiger partial charge in [-0.3, -0.25) is 4.98 Å². The van der Waals surface area contributed by atoms with Crippen LogP contribution in [0.5, 0.6) is 0 Å². The molecule has 2 aromatic heterocycles. The molecule has 0 radical (unpaired) electrons. The highest BCUT2D eigenvalue weighted by Crippen LogP contribution is 2.30. The monoisotopic (exact) mass is 299 g/mol. The van der Waals surface area contributed by atoms with Crippen molar-refractivity contribution in [3.8, 4) is 22.6 Å². The molecule has 0 N–H and O–H groups in total. The molecule has 0 aliphatic rings. The number of furan rings is 1. The Labute approximate surface area is 135 Å². The summed E-state index contributed by atoms with van der Waals surface area (Å²) in [7, 11) is 0. The summed E-state index contributed by atoms with van der Waals surface area (Å²) in [4.78, 5) is 4.53. The zero-order valence-electron chi connectivity index (χ0n) is 13.2. The molecule has 0 saturated carbocycles. The number of pyridine rings is 1. The van der Waals surface area contributed by atoms with E-state index in [0.717, 1.165) is 33.6 Å². The molecule has 2 nitrogen and oxygen atoms in total. The number of hydrogen-bond donors (Lipinski definition) is 0. The topological polar surface area (TPSA) is 26.0 Å². The Balaban J connectivity index is 1.82. The molecule has 0 atom stereocenters. The highest BCUT2D eigenvalue weighted by atomic mass is 16.3. The summed E-state index contributed by atoms with van der Waals surface area (Å²) in [6.45, 7) is 4.21. The van der Waals surface area contributed by atoms with Gasteiger partial charge in [-0.25, -0.2) is 0 Å². The predicted octanol–water partition coefficient (Wildman–Crippen LogP) is 5.78. The van der Waals surface area contributed by atoms with Crippen molar-refractivity contribution in [2.24, 2.45) is 0 Å². The summed E-state index contributed by atoms with van der Waals surface area (Å²) in [5.74, 6) is 0.888. The van der Waals surface area contributed by atoms with Gasteiger partial charge in [-0.15, -0.1) is 0 Å². The predicted molar refractivity (Wildman–Crippen MR) is 94.4 cm³/mol. The third-order valence-electron chi connectivity index (χ3n) is 3.98. The number of aromatic nitrogens is 1.